The largest absolute Gasteiger partial charge is 0.489 e. The van der Waals surface area contributed by atoms with E-state index in [1.165, 1.54) is 0 Å². The van der Waals surface area contributed by atoms with E-state index in [9.17, 15) is 4.79 Å². The van der Waals surface area contributed by atoms with E-state index in [1.807, 2.05) is 53.4 Å². The topological polar surface area (TPSA) is 41.6 Å². The molecule has 2 aromatic carbocycles. The summed E-state index contributed by atoms with van der Waals surface area (Å²) in [5.74, 6) is 0.813. The van der Waals surface area contributed by atoms with Gasteiger partial charge in [0.25, 0.3) is 5.91 Å². The minimum atomic E-state index is -0.265. The molecule has 1 amide bonds. The quantitative estimate of drug-likeness (QED) is 0.783. The maximum Gasteiger partial charge on any atom is 0.258 e. The van der Waals surface area contributed by atoms with Gasteiger partial charge in [-0.15, -0.1) is 0 Å². The third-order valence-corrected chi connectivity index (χ3v) is 4.60. The molecule has 130 valence electrons. The number of rotatable bonds is 6. The molecule has 0 saturated carbocycles. The van der Waals surface area contributed by atoms with Gasteiger partial charge in [-0.2, -0.15) is 0 Å². The van der Waals surface area contributed by atoms with Crippen LogP contribution < -0.4 is 10.1 Å². The molecule has 2 unspecified atom stereocenters. The smallest absolute Gasteiger partial charge is 0.258 e. The molecule has 2 aromatic rings. The van der Waals surface area contributed by atoms with Crippen molar-refractivity contribution < 1.29 is 9.53 Å². The number of fused-ring (bicyclic) bond motifs is 1. The summed E-state index contributed by atoms with van der Waals surface area (Å²) in [4.78, 5) is 15.1. The number of nitrogens with one attached hydrogen (secondary N) is 1. The van der Waals surface area contributed by atoms with Crippen molar-refractivity contribution >= 4 is 11.6 Å². The first-order chi connectivity index (χ1) is 12.2. The third kappa shape index (κ3) is 3.25. The Morgan fingerprint density at radius 1 is 1.24 bits per heavy atom. The normalized spacial score (nSPS) is 17.4. The Bertz CT molecular complexity index is 772. The Balaban J connectivity index is 2.07. The van der Waals surface area contributed by atoms with Crippen LogP contribution >= 0.6 is 0 Å². The van der Waals surface area contributed by atoms with E-state index in [0.29, 0.717) is 12.2 Å². The van der Waals surface area contributed by atoms with Gasteiger partial charge in [-0.1, -0.05) is 49.9 Å². The molecule has 0 bridgehead atoms. The van der Waals surface area contributed by atoms with Gasteiger partial charge >= 0.3 is 0 Å². The lowest BCUT2D eigenvalue weighted by Crippen LogP contribution is -2.47. The van der Waals surface area contributed by atoms with E-state index in [4.69, 9.17) is 4.74 Å². The zero-order valence-electron chi connectivity index (χ0n) is 14.7. The van der Waals surface area contributed by atoms with E-state index in [1.54, 1.807) is 6.08 Å². The summed E-state index contributed by atoms with van der Waals surface area (Å²) in [5, 5.41) is 3.53. The van der Waals surface area contributed by atoms with Crippen molar-refractivity contribution in [1.29, 1.82) is 0 Å². The number of anilines is 1. The number of amides is 1. The van der Waals surface area contributed by atoms with Gasteiger partial charge in [0, 0.05) is 17.3 Å². The second-order valence-corrected chi connectivity index (χ2v) is 6.20. The van der Waals surface area contributed by atoms with Crippen molar-refractivity contribution in [3.63, 3.8) is 0 Å². The van der Waals surface area contributed by atoms with Crippen LogP contribution in [0.25, 0.3) is 0 Å². The highest BCUT2D eigenvalue weighted by Gasteiger charge is 2.36. The average Bonchev–Trinajstić information content (AvgIpc) is 2.66. The van der Waals surface area contributed by atoms with Gasteiger partial charge in [0.15, 0.2) is 0 Å². The molecule has 0 fully saturated rings. The van der Waals surface area contributed by atoms with Gasteiger partial charge in [0.2, 0.25) is 0 Å². The summed E-state index contributed by atoms with van der Waals surface area (Å²) in [5.41, 5.74) is 2.52. The molecule has 1 N–H and O–H groups in total. The van der Waals surface area contributed by atoms with Gasteiger partial charge in [0.05, 0.1) is 5.56 Å². The van der Waals surface area contributed by atoms with Gasteiger partial charge < -0.3 is 15.0 Å². The summed E-state index contributed by atoms with van der Waals surface area (Å²) in [6, 6.07) is 15.6. The Labute approximate surface area is 149 Å². The van der Waals surface area contributed by atoms with Gasteiger partial charge in [-0.3, -0.25) is 4.79 Å². The van der Waals surface area contributed by atoms with Gasteiger partial charge in [0.1, 0.15) is 18.5 Å². The highest BCUT2D eigenvalue weighted by molar-refractivity contribution is 6.02. The number of carbonyl (C=O) groups is 1. The first-order valence-electron chi connectivity index (χ1n) is 8.68. The first-order valence-corrected chi connectivity index (χ1v) is 8.68. The SMILES string of the molecule is C=CCOc1ccccc1C1Nc2ccccc2C(=O)N1C(C)CC. The molecule has 1 aliphatic rings. The van der Waals surface area contributed by atoms with E-state index in [2.05, 4.69) is 25.7 Å². The van der Waals surface area contributed by atoms with Crippen molar-refractivity contribution in [2.75, 3.05) is 11.9 Å². The monoisotopic (exact) mass is 336 g/mol. The minimum absolute atomic E-state index is 0.0484. The zero-order chi connectivity index (χ0) is 17.8. The Morgan fingerprint density at radius 3 is 2.72 bits per heavy atom. The highest BCUT2D eigenvalue weighted by Crippen LogP contribution is 2.38. The standard InChI is InChI=1S/C21H24N2O2/c1-4-14-25-19-13-9-7-11-17(19)20-22-18-12-8-6-10-16(18)21(24)23(20)15(3)5-2/h4,6-13,15,20,22H,1,5,14H2,2-3H3. The number of hydrogen-bond acceptors (Lipinski definition) is 3. The van der Waals surface area contributed by atoms with E-state index < -0.39 is 0 Å². The predicted octanol–water partition coefficient (Wildman–Crippen LogP) is 4.62. The van der Waals surface area contributed by atoms with E-state index in [0.717, 1.165) is 23.4 Å². The van der Waals surface area contributed by atoms with E-state index >= 15 is 0 Å². The Kier molecular flexibility index (Phi) is 5.08. The molecule has 25 heavy (non-hydrogen) atoms. The second kappa shape index (κ2) is 7.43. The van der Waals surface area contributed by atoms with Crippen molar-refractivity contribution in [2.45, 2.75) is 32.5 Å². The number of para-hydroxylation sites is 2. The number of ether oxygens (including phenoxy) is 1. The van der Waals surface area contributed by atoms with Crippen LogP contribution in [-0.4, -0.2) is 23.5 Å². The summed E-state index contributed by atoms with van der Waals surface area (Å²) in [6.07, 6.45) is 2.33. The fourth-order valence-electron chi connectivity index (χ4n) is 3.13. The molecular formula is C21H24N2O2. The number of carbonyl (C=O) groups excluding carboxylic acids is 1. The summed E-state index contributed by atoms with van der Waals surface area (Å²) >= 11 is 0. The fourth-order valence-corrected chi connectivity index (χ4v) is 3.13. The fraction of sp³-hybridized carbons (Fsp3) is 0.286. The second-order valence-electron chi connectivity index (χ2n) is 6.20. The van der Waals surface area contributed by atoms with E-state index in [-0.39, 0.29) is 18.1 Å². The molecule has 2 atom stereocenters. The van der Waals surface area contributed by atoms with Crippen LogP contribution in [-0.2, 0) is 0 Å². The molecule has 4 nitrogen and oxygen atoms in total. The lowest BCUT2D eigenvalue weighted by molar-refractivity contribution is 0.0591. The van der Waals surface area contributed by atoms with Crippen LogP contribution in [0, 0.1) is 0 Å². The van der Waals surface area contributed by atoms with Crippen molar-refractivity contribution in [3.8, 4) is 5.75 Å². The molecular weight excluding hydrogens is 312 g/mol. The molecule has 0 radical (unpaired) electrons. The lowest BCUT2D eigenvalue weighted by Gasteiger charge is -2.41. The molecule has 1 aliphatic heterocycles. The van der Waals surface area contributed by atoms with Crippen LogP contribution in [0.4, 0.5) is 5.69 Å². The highest BCUT2D eigenvalue weighted by atomic mass is 16.5. The Hall–Kier alpha value is -2.75. The van der Waals surface area contributed by atoms with Crippen molar-refractivity contribution in [3.05, 3.63) is 72.3 Å². The van der Waals surface area contributed by atoms with Crippen LogP contribution in [0.15, 0.2) is 61.2 Å². The minimum Gasteiger partial charge on any atom is -0.489 e. The van der Waals surface area contributed by atoms with Gasteiger partial charge in [-0.05, 0) is 31.5 Å². The average molecular weight is 336 g/mol. The lowest BCUT2D eigenvalue weighted by atomic mass is 10.0. The maximum absolute atomic E-state index is 13.2. The third-order valence-electron chi connectivity index (χ3n) is 4.60. The summed E-state index contributed by atoms with van der Waals surface area (Å²) < 4.78 is 5.83. The van der Waals surface area contributed by atoms with Crippen LogP contribution in [0.1, 0.15) is 42.4 Å². The summed E-state index contributed by atoms with van der Waals surface area (Å²) in [7, 11) is 0. The predicted molar refractivity (Wildman–Crippen MR) is 101 cm³/mol. The maximum atomic E-state index is 13.2. The number of hydrogen-bond donors (Lipinski definition) is 1. The molecule has 3 rings (SSSR count). The van der Waals surface area contributed by atoms with Crippen molar-refractivity contribution in [1.82, 2.24) is 4.90 Å². The van der Waals surface area contributed by atoms with Crippen LogP contribution in [0.5, 0.6) is 5.75 Å². The number of nitrogens with zero attached hydrogens (tertiary/aromatic N) is 1. The van der Waals surface area contributed by atoms with Gasteiger partial charge in [-0.25, -0.2) is 0 Å². The summed E-state index contributed by atoms with van der Waals surface area (Å²) in [6.45, 7) is 8.31. The zero-order valence-corrected chi connectivity index (χ0v) is 14.7. The molecule has 1 heterocycles. The number of benzene rings is 2. The van der Waals surface area contributed by atoms with Crippen LogP contribution in [0.3, 0.4) is 0 Å². The molecule has 0 aromatic heterocycles. The molecule has 4 heteroatoms. The first kappa shape index (κ1) is 17.1. The van der Waals surface area contributed by atoms with Crippen LogP contribution in [0.2, 0.25) is 0 Å². The molecule has 0 saturated heterocycles. The van der Waals surface area contributed by atoms with Crippen molar-refractivity contribution in [2.24, 2.45) is 0 Å². The molecule has 0 aliphatic carbocycles. The Morgan fingerprint density at radius 2 is 1.96 bits per heavy atom. The molecule has 0 spiro atoms.